The summed E-state index contributed by atoms with van der Waals surface area (Å²) in [5, 5.41) is 0. The van der Waals surface area contributed by atoms with Crippen LogP contribution in [0.3, 0.4) is 0 Å². The van der Waals surface area contributed by atoms with Crippen molar-refractivity contribution in [2.75, 3.05) is 0 Å². The number of nitrogens with one attached hydrogen (secondary N) is 1. The van der Waals surface area contributed by atoms with Gasteiger partial charge in [-0.2, -0.15) is 0 Å². The van der Waals surface area contributed by atoms with E-state index in [1.54, 1.807) is 24.5 Å². The molecule has 4 heteroatoms. The molecule has 3 N–H and O–H groups in total. The van der Waals surface area contributed by atoms with E-state index in [1.165, 1.54) is 6.08 Å². The maximum atomic E-state index is 10.6. The highest BCUT2D eigenvalue weighted by molar-refractivity contribution is 5.91. The Labute approximate surface area is 70.1 Å². The van der Waals surface area contributed by atoms with Crippen molar-refractivity contribution < 1.29 is 4.79 Å². The molecule has 0 radical (unpaired) electrons. The van der Waals surface area contributed by atoms with Crippen LogP contribution in [0.5, 0.6) is 0 Å². The molecule has 1 amide bonds. The highest BCUT2D eigenvalue weighted by atomic mass is 16.2. The van der Waals surface area contributed by atoms with Crippen LogP contribution in [0.4, 0.5) is 0 Å². The molecule has 0 saturated heterocycles. The van der Waals surface area contributed by atoms with E-state index in [2.05, 4.69) is 4.98 Å². The van der Waals surface area contributed by atoms with Crippen molar-refractivity contribution in [3.05, 3.63) is 36.2 Å². The third kappa shape index (κ3) is 2.51. The number of hydrogen-bond donors (Lipinski definition) is 2. The van der Waals surface area contributed by atoms with Crippen molar-refractivity contribution in [2.24, 2.45) is 5.84 Å². The lowest BCUT2D eigenvalue weighted by Crippen LogP contribution is -2.27. The summed E-state index contributed by atoms with van der Waals surface area (Å²) >= 11 is 0. The SMILES string of the molecule is NNC(=O)C=Cc1cccnc1. The zero-order valence-corrected chi connectivity index (χ0v) is 6.40. The molecule has 0 aliphatic carbocycles. The van der Waals surface area contributed by atoms with Crippen LogP contribution in [0.15, 0.2) is 30.6 Å². The van der Waals surface area contributed by atoms with Gasteiger partial charge in [-0.05, 0) is 17.7 Å². The van der Waals surface area contributed by atoms with E-state index >= 15 is 0 Å². The number of carbonyl (C=O) groups excluding carboxylic acids is 1. The lowest BCUT2D eigenvalue weighted by Gasteiger charge is -1.90. The fourth-order valence-electron chi connectivity index (χ4n) is 0.695. The third-order valence-corrected chi connectivity index (χ3v) is 1.25. The highest BCUT2D eigenvalue weighted by Crippen LogP contribution is 1.97. The first kappa shape index (κ1) is 8.42. The minimum Gasteiger partial charge on any atom is -0.291 e. The van der Waals surface area contributed by atoms with Gasteiger partial charge in [0, 0.05) is 18.5 Å². The van der Waals surface area contributed by atoms with Crippen LogP contribution < -0.4 is 11.3 Å². The summed E-state index contributed by atoms with van der Waals surface area (Å²) in [6.45, 7) is 0. The molecule has 0 atom stereocenters. The molecule has 0 saturated carbocycles. The lowest BCUT2D eigenvalue weighted by molar-refractivity contribution is -0.116. The number of carbonyl (C=O) groups is 1. The summed E-state index contributed by atoms with van der Waals surface area (Å²) in [4.78, 5) is 14.5. The second-order valence-electron chi connectivity index (χ2n) is 2.13. The summed E-state index contributed by atoms with van der Waals surface area (Å²) in [6, 6.07) is 3.63. The molecule has 0 bridgehead atoms. The van der Waals surface area contributed by atoms with Crippen molar-refractivity contribution >= 4 is 12.0 Å². The van der Waals surface area contributed by atoms with E-state index in [1.807, 2.05) is 11.5 Å². The molecular formula is C8H9N3O. The van der Waals surface area contributed by atoms with E-state index in [-0.39, 0.29) is 5.91 Å². The smallest absolute Gasteiger partial charge is 0.257 e. The number of hydrogen-bond acceptors (Lipinski definition) is 3. The molecule has 1 aromatic heterocycles. The van der Waals surface area contributed by atoms with Gasteiger partial charge in [0.25, 0.3) is 5.91 Å². The first-order chi connectivity index (χ1) is 5.83. The zero-order valence-electron chi connectivity index (χ0n) is 6.40. The van der Waals surface area contributed by atoms with Gasteiger partial charge in [-0.15, -0.1) is 0 Å². The van der Waals surface area contributed by atoms with Crippen LogP contribution in [-0.2, 0) is 4.79 Å². The molecule has 1 heterocycles. The van der Waals surface area contributed by atoms with Crippen molar-refractivity contribution in [1.82, 2.24) is 10.4 Å². The van der Waals surface area contributed by atoms with Gasteiger partial charge in [0.05, 0.1) is 0 Å². The first-order valence-electron chi connectivity index (χ1n) is 3.41. The Balaban J connectivity index is 2.64. The van der Waals surface area contributed by atoms with Crippen molar-refractivity contribution in [3.63, 3.8) is 0 Å². The molecule has 12 heavy (non-hydrogen) atoms. The molecular weight excluding hydrogens is 154 g/mol. The number of amides is 1. The average molecular weight is 163 g/mol. The van der Waals surface area contributed by atoms with E-state index in [0.29, 0.717) is 0 Å². The maximum Gasteiger partial charge on any atom is 0.257 e. The molecule has 4 nitrogen and oxygen atoms in total. The van der Waals surface area contributed by atoms with Gasteiger partial charge >= 0.3 is 0 Å². The highest BCUT2D eigenvalue weighted by Gasteiger charge is 1.88. The molecule has 0 aliphatic heterocycles. The molecule has 1 rings (SSSR count). The average Bonchev–Trinajstić information content (AvgIpc) is 2.16. The number of hydrazine groups is 1. The largest absolute Gasteiger partial charge is 0.291 e. The van der Waals surface area contributed by atoms with Crippen molar-refractivity contribution in [3.8, 4) is 0 Å². The van der Waals surface area contributed by atoms with Gasteiger partial charge in [-0.1, -0.05) is 6.07 Å². The van der Waals surface area contributed by atoms with Gasteiger partial charge in [0.1, 0.15) is 0 Å². The Hall–Kier alpha value is -1.68. The summed E-state index contributed by atoms with van der Waals surface area (Å²) < 4.78 is 0. The van der Waals surface area contributed by atoms with Gasteiger partial charge in [-0.25, -0.2) is 5.84 Å². The summed E-state index contributed by atoms with van der Waals surface area (Å²) in [5.41, 5.74) is 2.85. The summed E-state index contributed by atoms with van der Waals surface area (Å²) in [6.07, 6.45) is 6.30. The number of nitrogens with two attached hydrogens (primary N) is 1. The Morgan fingerprint density at radius 1 is 1.67 bits per heavy atom. The molecule has 1 aromatic rings. The Morgan fingerprint density at radius 3 is 3.08 bits per heavy atom. The summed E-state index contributed by atoms with van der Waals surface area (Å²) in [5.74, 6) is 4.54. The van der Waals surface area contributed by atoms with E-state index < -0.39 is 0 Å². The lowest BCUT2D eigenvalue weighted by atomic mass is 10.2. The number of pyridine rings is 1. The molecule has 0 fully saturated rings. The van der Waals surface area contributed by atoms with Gasteiger partial charge < -0.3 is 0 Å². The molecule has 0 spiro atoms. The molecule has 0 aromatic carbocycles. The first-order valence-corrected chi connectivity index (χ1v) is 3.41. The van der Waals surface area contributed by atoms with Crippen molar-refractivity contribution in [2.45, 2.75) is 0 Å². The second-order valence-corrected chi connectivity index (χ2v) is 2.13. The zero-order chi connectivity index (χ0) is 8.81. The van der Waals surface area contributed by atoms with Crippen LogP contribution in [-0.4, -0.2) is 10.9 Å². The topological polar surface area (TPSA) is 68.0 Å². The standard InChI is InChI=1S/C8H9N3O/c9-11-8(12)4-3-7-2-1-5-10-6-7/h1-6H,9H2,(H,11,12). The molecule has 0 aliphatic rings. The normalized spacial score (nSPS) is 10.1. The fraction of sp³-hybridized carbons (Fsp3) is 0. The number of nitrogens with zero attached hydrogens (tertiary/aromatic N) is 1. The maximum absolute atomic E-state index is 10.6. The van der Waals surface area contributed by atoms with Crippen LogP contribution in [0.2, 0.25) is 0 Å². The van der Waals surface area contributed by atoms with Gasteiger partial charge in [0.2, 0.25) is 0 Å². The monoisotopic (exact) mass is 163 g/mol. The number of aromatic nitrogens is 1. The minimum absolute atomic E-state index is 0.334. The van der Waals surface area contributed by atoms with Crippen LogP contribution in [0, 0.1) is 0 Å². The van der Waals surface area contributed by atoms with E-state index in [9.17, 15) is 4.79 Å². The molecule has 62 valence electrons. The second kappa shape index (κ2) is 4.25. The van der Waals surface area contributed by atoms with Gasteiger partial charge in [-0.3, -0.25) is 15.2 Å². The Bertz CT molecular complexity index is 282. The van der Waals surface area contributed by atoms with Gasteiger partial charge in [0.15, 0.2) is 0 Å². The fourth-order valence-corrected chi connectivity index (χ4v) is 0.695. The number of rotatable bonds is 2. The molecule has 0 unspecified atom stereocenters. The minimum atomic E-state index is -0.334. The summed E-state index contributed by atoms with van der Waals surface area (Å²) in [7, 11) is 0. The third-order valence-electron chi connectivity index (χ3n) is 1.25. The van der Waals surface area contributed by atoms with E-state index in [0.717, 1.165) is 5.56 Å². The van der Waals surface area contributed by atoms with Crippen LogP contribution in [0.1, 0.15) is 5.56 Å². The van der Waals surface area contributed by atoms with Crippen LogP contribution >= 0.6 is 0 Å². The predicted molar refractivity (Wildman–Crippen MR) is 45.6 cm³/mol. The van der Waals surface area contributed by atoms with Crippen molar-refractivity contribution in [1.29, 1.82) is 0 Å². The van der Waals surface area contributed by atoms with Crippen LogP contribution in [0.25, 0.3) is 6.08 Å². The predicted octanol–water partition coefficient (Wildman–Crippen LogP) is 0.0847. The Kier molecular flexibility index (Phi) is 2.98. The Morgan fingerprint density at radius 2 is 2.50 bits per heavy atom. The quantitative estimate of drug-likeness (QED) is 0.281. The van der Waals surface area contributed by atoms with E-state index in [4.69, 9.17) is 5.84 Å².